The van der Waals surface area contributed by atoms with Crippen LogP contribution in [0, 0.1) is 0 Å². The lowest BCUT2D eigenvalue weighted by atomic mass is 10.1. The van der Waals surface area contributed by atoms with Gasteiger partial charge in [0.05, 0.1) is 12.1 Å². The van der Waals surface area contributed by atoms with Crippen molar-refractivity contribution in [1.29, 1.82) is 0 Å². The highest BCUT2D eigenvalue weighted by molar-refractivity contribution is 6.31. The van der Waals surface area contributed by atoms with Gasteiger partial charge in [-0.3, -0.25) is 9.59 Å². The molecule has 1 aromatic rings. The molecular weight excluding hydrogens is 278 g/mol. The minimum absolute atomic E-state index is 0.0942. The maximum atomic E-state index is 12.6. The highest BCUT2D eigenvalue weighted by Crippen LogP contribution is 2.22. The van der Waals surface area contributed by atoms with Crippen LogP contribution in [0.4, 0.5) is 5.69 Å². The number of amides is 2. The van der Waals surface area contributed by atoms with Crippen molar-refractivity contribution in [2.75, 3.05) is 31.5 Å². The van der Waals surface area contributed by atoms with E-state index >= 15 is 0 Å². The first kappa shape index (κ1) is 14.7. The Kier molecular flexibility index (Phi) is 4.84. The molecule has 1 aliphatic heterocycles. The van der Waals surface area contributed by atoms with Crippen LogP contribution in [-0.4, -0.2) is 42.9 Å². The van der Waals surface area contributed by atoms with Gasteiger partial charge >= 0.3 is 0 Å². The summed E-state index contributed by atoms with van der Waals surface area (Å²) in [7, 11) is 0. The zero-order valence-corrected chi connectivity index (χ0v) is 12.2. The third-order valence-electron chi connectivity index (χ3n) is 3.13. The lowest BCUT2D eigenvalue weighted by Crippen LogP contribution is -2.37. The predicted octanol–water partition coefficient (Wildman–Crippen LogP) is 1.73. The molecule has 0 unspecified atom stereocenters. The number of hydrogen-bond donors (Lipinski definition) is 2. The minimum atomic E-state index is -0.166. The molecule has 108 valence electrons. The molecule has 1 aliphatic rings. The molecule has 0 radical (unpaired) electrons. The summed E-state index contributed by atoms with van der Waals surface area (Å²) in [6, 6.07) is 5.17. The average Bonchev–Trinajstić information content (AvgIpc) is 2.65. The van der Waals surface area contributed by atoms with E-state index < -0.39 is 0 Å². The van der Waals surface area contributed by atoms with E-state index in [1.165, 1.54) is 0 Å². The predicted molar refractivity (Wildman–Crippen MR) is 79.1 cm³/mol. The summed E-state index contributed by atoms with van der Waals surface area (Å²) in [6.07, 6.45) is 0.759. The molecule has 0 spiro atoms. The fourth-order valence-corrected chi connectivity index (χ4v) is 2.36. The standard InChI is InChI=1S/C14H18ClN3O2/c1-2-16-12-5-4-10(15)8-11(12)14(20)18-7-3-6-17-13(19)9-18/h4-5,8,16H,2-3,6-7,9H2,1H3,(H,17,19). The lowest BCUT2D eigenvalue weighted by molar-refractivity contribution is -0.121. The normalized spacial score (nSPS) is 15.5. The molecule has 0 saturated carbocycles. The Balaban J connectivity index is 2.26. The molecule has 1 saturated heterocycles. The molecule has 0 atom stereocenters. The van der Waals surface area contributed by atoms with E-state index in [1.807, 2.05) is 6.92 Å². The number of anilines is 1. The van der Waals surface area contributed by atoms with E-state index in [0.717, 1.165) is 12.1 Å². The number of nitrogens with one attached hydrogen (secondary N) is 2. The van der Waals surface area contributed by atoms with Crippen LogP contribution in [0.5, 0.6) is 0 Å². The average molecular weight is 296 g/mol. The summed E-state index contributed by atoms with van der Waals surface area (Å²) in [4.78, 5) is 25.7. The second-order valence-corrected chi connectivity index (χ2v) is 5.09. The van der Waals surface area contributed by atoms with Crippen molar-refractivity contribution in [2.45, 2.75) is 13.3 Å². The van der Waals surface area contributed by atoms with Gasteiger partial charge in [-0.15, -0.1) is 0 Å². The SMILES string of the molecule is CCNc1ccc(Cl)cc1C(=O)N1CCCNC(=O)C1. The van der Waals surface area contributed by atoms with Crippen LogP contribution in [0.15, 0.2) is 18.2 Å². The van der Waals surface area contributed by atoms with Gasteiger partial charge in [0, 0.05) is 30.3 Å². The molecular formula is C14H18ClN3O2. The van der Waals surface area contributed by atoms with E-state index in [2.05, 4.69) is 10.6 Å². The van der Waals surface area contributed by atoms with Gasteiger partial charge in [0.1, 0.15) is 0 Å². The van der Waals surface area contributed by atoms with Gasteiger partial charge in [0.2, 0.25) is 5.91 Å². The van der Waals surface area contributed by atoms with Crippen molar-refractivity contribution >= 4 is 29.1 Å². The number of hydrogen-bond acceptors (Lipinski definition) is 3. The van der Waals surface area contributed by atoms with Gasteiger partial charge in [0.25, 0.3) is 5.91 Å². The molecule has 2 N–H and O–H groups in total. The monoisotopic (exact) mass is 295 g/mol. The third kappa shape index (κ3) is 3.42. The molecule has 0 aromatic heterocycles. The third-order valence-corrected chi connectivity index (χ3v) is 3.36. The van der Waals surface area contributed by atoms with Crippen LogP contribution in [0.25, 0.3) is 0 Å². The number of carbonyl (C=O) groups excluding carboxylic acids is 2. The largest absolute Gasteiger partial charge is 0.385 e. The lowest BCUT2D eigenvalue weighted by Gasteiger charge is -2.21. The summed E-state index contributed by atoms with van der Waals surface area (Å²) in [6.45, 7) is 3.94. The fraction of sp³-hybridized carbons (Fsp3) is 0.429. The first-order chi connectivity index (χ1) is 9.61. The van der Waals surface area contributed by atoms with Gasteiger partial charge < -0.3 is 15.5 Å². The van der Waals surface area contributed by atoms with Crippen molar-refractivity contribution in [3.05, 3.63) is 28.8 Å². The molecule has 2 amide bonds. The van der Waals surface area contributed by atoms with Crippen LogP contribution in [-0.2, 0) is 4.79 Å². The van der Waals surface area contributed by atoms with Crippen LogP contribution >= 0.6 is 11.6 Å². The van der Waals surface area contributed by atoms with Gasteiger partial charge in [0.15, 0.2) is 0 Å². The van der Waals surface area contributed by atoms with Crippen molar-refractivity contribution in [1.82, 2.24) is 10.2 Å². The van der Waals surface area contributed by atoms with E-state index in [-0.39, 0.29) is 18.4 Å². The summed E-state index contributed by atoms with van der Waals surface area (Å²) in [5.41, 5.74) is 1.25. The quantitative estimate of drug-likeness (QED) is 0.893. The van der Waals surface area contributed by atoms with Crippen LogP contribution in [0.2, 0.25) is 5.02 Å². The van der Waals surface area contributed by atoms with Gasteiger partial charge in [-0.05, 0) is 31.5 Å². The summed E-state index contributed by atoms with van der Waals surface area (Å²) in [5, 5.41) is 6.41. The summed E-state index contributed by atoms with van der Waals surface area (Å²) < 4.78 is 0. The zero-order chi connectivity index (χ0) is 14.5. The first-order valence-electron chi connectivity index (χ1n) is 6.71. The molecule has 1 heterocycles. The minimum Gasteiger partial charge on any atom is -0.385 e. The van der Waals surface area contributed by atoms with Crippen molar-refractivity contribution < 1.29 is 9.59 Å². The smallest absolute Gasteiger partial charge is 0.256 e. The molecule has 5 nitrogen and oxygen atoms in total. The van der Waals surface area contributed by atoms with E-state index in [0.29, 0.717) is 30.2 Å². The molecule has 0 aliphatic carbocycles. The zero-order valence-electron chi connectivity index (χ0n) is 11.4. The summed E-state index contributed by atoms with van der Waals surface area (Å²) in [5.74, 6) is -0.289. The molecule has 0 bridgehead atoms. The summed E-state index contributed by atoms with van der Waals surface area (Å²) >= 11 is 5.98. The number of halogens is 1. The Bertz CT molecular complexity index is 519. The number of carbonyl (C=O) groups is 2. The number of rotatable bonds is 3. The van der Waals surface area contributed by atoms with Gasteiger partial charge in [-0.1, -0.05) is 11.6 Å². The van der Waals surface area contributed by atoms with Gasteiger partial charge in [-0.2, -0.15) is 0 Å². The first-order valence-corrected chi connectivity index (χ1v) is 7.09. The highest BCUT2D eigenvalue weighted by atomic mass is 35.5. The highest BCUT2D eigenvalue weighted by Gasteiger charge is 2.23. The maximum Gasteiger partial charge on any atom is 0.256 e. The van der Waals surface area contributed by atoms with E-state index in [1.54, 1.807) is 23.1 Å². The van der Waals surface area contributed by atoms with Crippen molar-refractivity contribution in [3.8, 4) is 0 Å². The Morgan fingerprint density at radius 2 is 2.30 bits per heavy atom. The van der Waals surface area contributed by atoms with E-state index in [9.17, 15) is 9.59 Å². The van der Waals surface area contributed by atoms with Gasteiger partial charge in [-0.25, -0.2) is 0 Å². The topological polar surface area (TPSA) is 61.4 Å². The molecule has 1 fully saturated rings. The Morgan fingerprint density at radius 3 is 3.05 bits per heavy atom. The second kappa shape index (κ2) is 6.61. The molecule has 20 heavy (non-hydrogen) atoms. The number of nitrogens with zero attached hydrogens (tertiary/aromatic N) is 1. The van der Waals surface area contributed by atoms with Crippen molar-refractivity contribution in [2.24, 2.45) is 0 Å². The Morgan fingerprint density at radius 1 is 1.50 bits per heavy atom. The van der Waals surface area contributed by atoms with E-state index in [4.69, 9.17) is 11.6 Å². The van der Waals surface area contributed by atoms with Crippen molar-refractivity contribution in [3.63, 3.8) is 0 Å². The molecule has 6 heteroatoms. The van der Waals surface area contributed by atoms with Crippen LogP contribution < -0.4 is 10.6 Å². The van der Waals surface area contributed by atoms with Crippen LogP contribution in [0.1, 0.15) is 23.7 Å². The Hall–Kier alpha value is -1.75. The fourth-order valence-electron chi connectivity index (χ4n) is 2.19. The Labute approximate surface area is 123 Å². The maximum absolute atomic E-state index is 12.6. The van der Waals surface area contributed by atoms with Crippen LogP contribution in [0.3, 0.4) is 0 Å². The molecule has 2 rings (SSSR count). The molecule has 1 aromatic carbocycles. The second-order valence-electron chi connectivity index (χ2n) is 4.65. The number of benzene rings is 1.